The van der Waals surface area contributed by atoms with E-state index in [2.05, 4.69) is 48.3 Å². The van der Waals surface area contributed by atoms with Crippen LogP contribution in [-0.4, -0.2) is 56.1 Å². The smallest absolute Gasteiger partial charge is 0.0300 e. The highest BCUT2D eigenvalue weighted by molar-refractivity contribution is 7.11. The lowest BCUT2D eigenvalue weighted by Gasteiger charge is -2.20. The van der Waals surface area contributed by atoms with E-state index in [0.29, 0.717) is 0 Å². The van der Waals surface area contributed by atoms with Crippen LogP contribution in [0.4, 0.5) is 0 Å². The van der Waals surface area contributed by atoms with Gasteiger partial charge in [0.25, 0.3) is 0 Å². The molecular weight excluding hydrogens is 242 g/mol. The second-order valence-corrected chi connectivity index (χ2v) is 6.77. The third kappa shape index (κ3) is 4.05. The van der Waals surface area contributed by atoms with E-state index in [9.17, 15) is 0 Å². The minimum absolute atomic E-state index is 0.755. The summed E-state index contributed by atoms with van der Waals surface area (Å²) in [5, 5.41) is 3.54. The Morgan fingerprint density at radius 2 is 2.28 bits per heavy atom. The molecule has 2 rings (SSSR count). The molecule has 1 atom stereocenters. The molecule has 0 aromatic carbocycles. The molecule has 0 bridgehead atoms. The van der Waals surface area contributed by atoms with E-state index in [1.807, 2.05) is 11.3 Å². The van der Waals surface area contributed by atoms with Crippen molar-refractivity contribution in [3.63, 3.8) is 0 Å². The zero-order valence-electron chi connectivity index (χ0n) is 11.8. The summed E-state index contributed by atoms with van der Waals surface area (Å²) in [5.74, 6) is 0. The van der Waals surface area contributed by atoms with Crippen LogP contribution in [0.3, 0.4) is 0 Å². The Kier molecular flexibility index (Phi) is 5.18. The van der Waals surface area contributed by atoms with Crippen LogP contribution < -0.4 is 5.32 Å². The normalized spacial score (nSPS) is 21.0. The molecule has 1 aromatic heterocycles. The van der Waals surface area contributed by atoms with Gasteiger partial charge in [-0.2, -0.15) is 0 Å². The van der Waals surface area contributed by atoms with Crippen LogP contribution in [0.5, 0.6) is 0 Å². The molecule has 0 amide bonds. The highest BCUT2D eigenvalue weighted by Gasteiger charge is 2.22. The Bertz CT molecular complexity index is 362. The molecule has 1 aromatic rings. The number of hydrogen-bond acceptors (Lipinski definition) is 4. The van der Waals surface area contributed by atoms with E-state index in [-0.39, 0.29) is 0 Å². The van der Waals surface area contributed by atoms with Crippen molar-refractivity contribution in [2.24, 2.45) is 0 Å². The Morgan fingerprint density at radius 1 is 1.44 bits per heavy atom. The molecule has 18 heavy (non-hydrogen) atoms. The van der Waals surface area contributed by atoms with Gasteiger partial charge in [-0.05, 0) is 46.1 Å². The van der Waals surface area contributed by atoms with Crippen LogP contribution in [0.2, 0.25) is 0 Å². The standard InChI is InChI=1S/C14H25N3S/c1-12-4-5-14(18-12)10-15-7-9-17-8-6-13(11-17)16(2)3/h4-5,13,15H,6-11H2,1-3H3. The van der Waals surface area contributed by atoms with Gasteiger partial charge in [0.1, 0.15) is 0 Å². The van der Waals surface area contributed by atoms with E-state index < -0.39 is 0 Å². The summed E-state index contributed by atoms with van der Waals surface area (Å²) >= 11 is 1.89. The van der Waals surface area contributed by atoms with Gasteiger partial charge >= 0.3 is 0 Å². The molecule has 1 aliphatic rings. The lowest BCUT2D eigenvalue weighted by atomic mass is 10.2. The summed E-state index contributed by atoms with van der Waals surface area (Å²) in [4.78, 5) is 7.76. The first kappa shape index (κ1) is 14.0. The Labute approximate surface area is 115 Å². The molecule has 0 saturated carbocycles. The highest BCUT2D eigenvalue weighted by Crippen LogP contribution is 2.14. The molecule has 3 nitrogen and oxygen atoms in total. The first-order chi connectivity index (χ1) is 8.65. The number of aryl methyl sites for hydroxylation is 1. The lowest BCUT2D eigenvalue weighted by Crippen LogP contribution is -2.34. The fourth-order valence-electron chi connectivity index (χ4n) is 2.47. The first-order valence-electron chi connectivity index (χ1n) is 6.80. The molecule has 1 unspecified atom stereocenters. The van der Waals surface area contributed by atoms with E-state index in [4.69, 9.17) is 0 Å². The second kappa shape index (κ2) is 6.66. The predicted molar refractivity (Wildman–Crippen MR) is 79.3 cm³/mol. The fourth-order valence-corrected chi connectivity index (χ4v) is 3.33. The summed E-state index contributed by atoms with van der Waals surface area (Å²) in [6.45, 7) is 7.93. The number of likely N-dealkylation sites (tertiary alicyclic amines) is 1. The van der Waals surface area contributed by atoms with Gasteiger partial charge < -0.3 is 15.1 Å². The van der Waals surface area contributed by atoms with Crippen LogP contribution >= 0.6 is 11.3 Å². The van der Waals surface area contributed by atoms with E-state index >= 15 is 0 Å². The first-order valence-corrected chi connectivity index (χ1v) is 7.61. The van der Waals surface area contributed by atoms with Gasteiger partial charge in [0.2, 0.25) is 0 Å². The van der Waals surface area contributed by atoms with Crippen molar-refractivity contribution in [2.75, 3.05) is 40.3 Å². The Morgan fingerprint density at radius 3 is 2.89 bits per heavy atom. The molecule has 102 valence electrons. The average molecular weight is 267 g/mol. The van der Waals surface area contributed by atoms with Crippen molar-refractivity contribution in [1.82, 2.24) is 15.1 Å². The second-order valence-electron chi connectivity index (χ2n) is 5.40. The lowest BCUT2D eigenvalue weighted by molar-refractivity contribution is 0.268. The SMILES string of the molecule is Cc1ccc(CNCCN2CCC(N(C)C)C2)s1. The number of nitrogens with one attached hydrogen (secondary N) is 1. The summed E-state index contributed by atoms with van der Waals surface area (Å²) in [7, 11) is 4.37. The molecule has 2 heterocycles. The topological polar surface area (TPSA) is 18.5 Å². The Hall–Kier alpha value is -0.420. The summed E-state index contributed by atoms with van der Waals surface area (Å²) in [6.07, 6.45) is 1.32. The molecule has 0 radical (unpaired) electrons. The number of hydrogen-bond donors (Lipinski definition) is 1. The zero-order chi connectivity index (χ0) is 13.0. The quantitative estimate of drug-likeness (QED) is 0.793. The molecule has 0 aliphatic carbocycles. The Balaban J connectivity index is 1.59. The fraction of sp³-hybridized carbons (Fsp3) is 0.714. The average Bonchev–Trinajstić information content (AvgIpc) is 2.93. The minimum atomic E-state index is 0.755. The van der Waals surface area contributed by atoms with Gasteiger partial charge in [-0.1, -0.05) is 0 Å². The van der Waals surface area contributed by atoms with Gasteiger partial charge in [-0.15, -0.1) is 11.3 Å². The molecule has 1 aliphatic heterocycles. The van der Waals surface area contributed by atoms with Crippen LogP contribution in [0.25, 0.3) is 0 Å². The van der Waals surface area contributed by atoms with Gasteiger partial charge in [0, 0.05) is 42.0 Å². The van der Waals surface area contributed by atoms with Crippen molar-refractivity contribution in [3.8, 4) is 0 Å². The van der Waals surface area contributed by atoms with Crippen molar-refractivity contribution in [3.05, 3.63) is 21.9 Å². The van der Waals surface area contributed by atoms with Crippen molar-refractivity contribution in [2.45, 2.75) is 25.9 Å². The maximum Gasteiger partial charge on any atom is 0.0300 e. The van der Waals surface area contributed by atoms with Crippen molar-refractivity contribution in [1.29, 1.82) is 0 Å². The van der Waals surface area contributed by atoms with Gasteiger partial charge in [0.05, 0.1) is 0 Å². The number of rotatable bonds is 6. The summed E-state index contributed by atoms with van der Waals surface area (Å²) in [6, 6.07) is 5.18. The van der Waals surface area contributed by atoms with E-state index in [0.717, 1.165) is 19.1 Å². The number of likely N-dealkylation sites (N-methyl/N-ethyl adjacent to an activating group) is 1. The van der Waals surface area contributed by atoms with Crippen LogP contribution in [0.15, 0.2) is 12.1 Å². The third-order valence-corrected chi connectivity index (χ3v) is 4.68. The summed E-state index contributed by atoms with van der Waals surface area (Å²) < 4.78 is 0. The third-order valence-electron chi connectivity index (χ3n) is 3.68. The molecule has 1 N–H and O–H groups in total. The summed E-state index contributed by atoms with van der Waals surface area (Å²) in [5.41, 5.74) is 0. The monoisotopic (exact) mass is 267 g/mol. The maximum atomic E-state index is 3.54. The molecule has 1 fully saturated rings. The van der Waals surface area contributed by atoms with Gasteiger partial charge in [-0.25, -0.2) is 0 Å². The van der Waals surface area contributed by atoms with Crippen LogP contribution in [-0.2, 0) is 6.54 Å². The predicted octanol–water partition coefficient (Wildman–Crippen LogP) is 1.78. The highest BCUT2D eigenvalue weighted by atomic mass is 32.1. The number of thiophene rings is 1. The molecule has 4 heteroatoms. The van der Waals surface area contributed by atoms with Crippen molar-refractivity contribution < 1.29 is 0 Å². The van der Waals surface area contributed by atoms with E-state index in [1.165, 1.54) is 35.8 Å². The molecular formula is C14H25N3S. The van der Waals surface area contributed by atoms with Gasteiger partial charge in [-0.3, -0.25) is 0 Å². The molecule has 0 spiro atoms. The minimum Gasteiger partial charge on any atom is -0.311 e. The maximum absolute atomic E-state index is 3.54. The number of nitrogens with zero attached hydrogens (tertiary/aromatic N) is 2. The van der Waals surface area contributed by atoms with E-state index in [1.54, 1.807) is 0 Å². The van der Waals surface area contributed by atoms with Crippen LogP contribution in [0.1, 0.15) is 16.2 Å². The van der Waals surface area contributed by atoms with Crippen molar-refractivity contribution >= 4 is 11.3 Å². The molecule has 1 saturated heterocycles. The van der Waals surface area contributed by atoms with Gasteiger partial charge in [0.15, 0.2) is 0 Å². The largest absolute Gasteiger partial charge is 0.311 e. The van der Waals surface area contributed by atoms with Crippen LogP contribution in [0, 0.1) is 6.92 Å². The zero-order valence-corrected chi connectivity index (χ0v) is 12.6.